The van der Waals surface area contributed by atoms with Gasteiger partial charge in [0.25, 0.3) is 0 Å². The molecule has 0 saturated carbocycles. The molecule has 3 heteroatoms. The standard InChI is InChI=1S/C8H15N3/c1-7-4-5-10-11(7)8(2)6-9-3/h4-5,8-9H,6H2,1-3H3. The Hall–Kier alpha value is -0.830. The largest absolute Gasteiger partial charge is 0.318 e. The van der Waals surface area contributed by atoms with Gasteiger partial charge in [0, 0.05) is 18.4 Å². The number of hydrogen-bond donors (Lipinski definition) is 1. The van der Waals surface area contributed by atoms with Gasteiger partial charge in [-0.15, -0.1) is 0 Å². The van der Waals surface area contributed by atoms with Crippen molar-refractivity contribution in [3.05, 3.63) is 18.0 Å². The maximum absolute atomic E-state index is 4.21. The average molecular weight is 153 g/mol. The van der Waals surface area contributed by atoms with E-state index in [0.29, 0.717) is 6.04 Å². The zero-order chi connectivity index (χ0) is 8.27. The Morgan fingerprint density at radius 1 is 1.73 bits per heavy atom. The fraction of sp³-hybridized carbons (Fsp3) is 0.625. The van der Waals surface area contributed by atoms with Gasteiger partial charge in [-0.25, -0.2) is 0 Å². The van der Waals surface area contributed by atoms with E-state index >= 15 is 0 Å². The molecular formula is C8H15N3. The minimum absolute atomic E-state index is 0.440. The van der Waals surface area contributed by atoms with Gasteiger partial charge >= 0.3 is 0 Å². The molecule has 62 valence electrons. The van der Waals surface area contributed by atoms with Gasteiger partial charge in [-0.2, -0.15) is 5.10 Å². The van der Waals surface area contributed by atoms with Crippen LogP contribution in [0.4, 0.5) is 0 Å². The van der Waals surface area contributed by atoms with Crippen LogP contribution in [0.3, 0.4) is 0 Å². The Morgan fingerprint density at radius 2 is 2.45 bits per heavy atom. The number of nitrogens with one attached hydrogen (secondary N) is 1. The Kier molecular flexibility index (Phi) is 2.65. The highest BCUT2D eigenvalue weighted by molar-refractivity contribution is 4.98. The summed E-state index contributed by atoms with van der Waals surface area (Å²) >= 11 is 0. The van der Waals surface area contributed by atoms with E-state index < -0.39 is 0 Å². The first-order valence-electron chi connectivity index (χ1n) is 3.90. The summed E-state index contributed by atoms with van der Waals surface area (Å²) in [5, 5.41) is 7.33. The molecule has 1 N–H and O–H groups in total. The molecular weight excluding hydrogens is 138 g/mol. The molecule has 0 aromatic carbocycles. The van der Waals surface area contributed by atoms with Crippen molar-refractivity contribution in [1.82, 2.24) is 15.1 Å². The van der Waals surface area contributed by atoms with Crippen LogP contribution in [0.2, 0.25) is 0 Å². The molecule has 0 bridgehead atoms. The van der Waals surface area contributed by atoms with E-state index in [-0.39, 0.29) is 0 Å². The number of nitrogens with zero attached hydrogens (tertiary/aromatic N) is 2. The molecule has 1 heterocycles. The molecule has 1 aromatic heterocycles. The van der Waals surface area contributed by atoms with E-state index in [9.17, 15) is 0 Å². The highest BCUT2D eigenvalue weighted by atomic mass is 15.3. The predicted molar refractivity (Wildman–Crippen MR) is 45.6 cm³/mol. The Labute approximate surface area is 67.4 Å². The van der Waals surface area contributed by atoms with Gasteiger partial charge < -0.3 is 5.32 Å². The molecule has 0 fully saturated rings. The molecule has 1 unspecified atom stereocenters. The number of aromatic nitrogens is 2. The van der Waals surface area contributed by atoms with Crippen LogP contribution in [-0.4, -0.2) is 23.4 Å². The lowest BCUT2D eigenvalue weighted by atomic mass is 10.3. The molecule has 1 aromatic rings. The van der Waals surface area contributed by atoms with E-state index in [0.717, 1.165) is 6.54 Å². The van der Waals surface area contributed by atoms with E-state index in [1.165, 1.54) is 5.69 Å². The zero-order valence-corrected chi connectivity index (χ0v) is 7.33. The molecule has 0 saturated heterocycles. The normalized spacial score (nSPS) is 13.4. The summed E-state index contributed by atoms with van der Waals surface area (Å²) in [7, 11) is 1.95. The van der Waals surface area contributed by atoms with Crippen LogP contribution >= 0.6 is 0 Å². The van der Waals surface area contributed by atoms with Crippen molar-refractivity contribution >= 4 is 0 Å². The first-order valence-corrected chi connectivity index (χ1v) is 3.90. The van der Waals surface area contributed by atoms with Crippen molar-refractivity contribution in [1.29, 1.82) is 0 Å². The van der Waals surface area contributed by atoms with Crippen molar-refractivity contribution in [3.63, 3.8) is 0 Å². The van der Waals surface area contributed by atoms with Crippen LogP contribution in [-0.2, 0) is 0 Å². The van der Waals surface area contributed by atoms with Crippen LogP contribution in [0.5, 0.6) is 0 Å². The van der Waals surface area contributed by atoms with Gasteiger partial charge in [-0.05, 0) is 27.0 Å². The van der Waals surface area contributed by atoms with Crippen LogP contribution in [0, 0.1) is 6.92 Å². The third-order valence-electron chi connectivity index (χ3n) is 1.79. The molecule has 0 aliphatic rings. The molecule has 0 radical (unpaired) electrons. The number of rotatable bonds is 3. The lowest BCUT2D eigenvalue weighted by molar-refractivity contribution is 0.461. The maximum atomic E-state index is 4.21. The second kappa shape index (κ2) is 3.53. The van der Waals surface area contributed by atoms with Crippen LogP contribution in [0.1, 0.15) is 18.7 Å². The number of hydrogen-bond acceptors (Lipinski definition) is 2. The van der Waals surface area contributed by atoms with Crippen molar-refractivity contribution in [3.8, 4) is 0 Å². The van der Waals surface area contributed by atoms with Gasteiger partial charge in [0.2, 0.25) is 0 Å². The second-order valence-corrected chi connectivity index (χ2v) is 2.82. The molecule has 1 atom stereocenters. The first kappa shape index (κ1) is 8.27. The summed E-state index contributed by atoms with van der Waals surface area (Å²) < 4.78 is 2.02. The molecule has 1 rings (SSSR count). The van der Waals surface area contributed by atoms with Crippen LogP contribution in [0.25, 0.3) is 0 Å². The lowest BCUT2D eigenvalue weighted by Crippen LogP contribution is -2.21. The first-order chi connectivity index (χ1) is 5.25. The van der Waals surface area contributed by atoms with Crippen molar-refractivity contribution in [2.24, 2.45) is 0 Å². The lowest BCUT2D eigenvalue weighted by Gasteiger charge is -2.12. The molecule has 11 heavy (non-hydrogen) atoms. The number of aryl methyl sites for hydroxylation is 1. The Bertz CT molecular complexity index is 217. The molecule has 0 spiro atoms. The van der Waals surface area contributed by atoms with Gasteiger partial charge in [0.15, 0.2) is 0 Å². The summed E-state index contributed by atoms with van der Waals surface area (Å²) in [5.74, 6) is 0. The highest BCUT2D eigenvalue weighted by Gasteiger charge is 2.04. The molecule has 0 aliphatic heterocycles. The predicted octanol–water partition coefficient (Wildman–Crippen LogP) is 0.972. The monoisotopic (exact) mass is 153 g/mol. The van der Waals surface area contributed by atoms with Gasteiger partial charge in [-0.3, -0.25) is 4.68 Å². The van der Waals surface area contributed by atoms with E-state index in [1.807, 2.05) is 24.0 Å². The van der Waals surface area contributed by atoms with Crippen molar-refractivity contribution in [2.45, 2.75) is 19.9 Å². The Morgan fingerprint density at radius 3 is 2.91 bits per heavy atom. The summed E-state index contributed by atoms with van der Waals surface area (Å²) in [5.41, 5.74) is 1.22. The van der Waals surface area contributed by atoms with Crippen molar-refractivity contribution in [2.75, 3.05) is 13.6 Å². The maximum Gasteiger partial charge on any atom is 0.0618 e. The summed E-state index contributed by atoms with van der Waals surface area (Å²) in [6.07, 6.45) is 1.83. The topological polar surface area (TPSA) is 29.9 Å². The third-order valence-corrected chi connectivity index (χ3v) is 1.79. The fourth-order valence-corrected chi connectivity index (χ4v) is 1.22. The van der Waals surface area contributed by atoms with Crippen LogP contribution in [0.15, 0.2) is 12.3 Å². The van der Waals surface area contributed by atoms with Gasteiger partial charge in [0.1, 0.15) is 0 Å². The minimum atomic E-state index is 0.440. The van der Waals surface area contributed by atoms with Gasteiger partial charge in [0.05, 0.1) is 6.04 Å². The summed E-state index contributed by atoms with van der Waals surface area (Å²) in [4.78, 5) is 0. The fourth-order valence-electron chi connectivity index (χ4n) is 1.22. The summed E-state index contributed by atoms with van der Waals surface area (Å²) in [6, 6.07) is 2.46. The quantitative estimate of drug-likeness (QED) is 0.701. The number of likely N-dealkylation sites (N-methyl/N-ethyl adjacent to an activating group) is 1. The SMILES string of the molecule is CNCC(C)n1nccc1C. The Balaban J connectivity index is 2.67. The van der Waals surface area contributed by atoms with E-state index in [2.05, 4.69) is 24.3 Å². The average Bonchev–Trinajstić information content (AvgIpc) is 2.36. The molecule has 0 aliphatic carbocycles. The van der Waals surface area contributed by atoms with E-state index in [4.69, 9.17) is 0 Å². The van der Waals surface area contributed by atoms with Crippen LogP contribution < -0.4 is 5.32 Å². The van der Waals surface area contributed by atoms with Gasteiger partial charge in [-0.1, -0.05) is 0 Å². The minimum Gasteiger partial charge on any atom is -0.318 e. The van der Waals surface area contributed by atoms with E-state index in [1.54, 1.807) is 0 Å². The molecule has 0 amide bonds. The summed E-state index contributed by atoms with van der Waals surface area (Å²) in [6.45, 7) is 5.18. The molecule has 3 nitrogen and oxygen atoms in total. The van der Waals surface area contributed by atoms with Crippen molar-refractivity contribution < 1.29 is 0 Å². The highest BCUT2D eigenvalue weighted by Crippen LogP contribution is 2.05. The third kappa shape index (κ3) is 1.80. The zero-order valence-electron chi connectivity index (χ0n) is 7.33. The smallest absolute Gasteiger partial charge is 0.0618 e. The second-order valence-electron chi connectivity index (χ2n) is 2.82.